The van der Waals surface area contributed by atoms with Crippen LogP contribution in [-0.2, 0) is 9.68 Å². The van der Waals surface area contributed by atoms with E-state index in [0.717, 1.165) is 22.9 Å². The zero-order chi connectivity index (χ0) is 69.7. The quantitative estimate of drug-likeness (QED) is 0.0368. The minimum Gasteiger partial charge on any atom is -1.00 e. The topological polar surface area (TPSA) is 155 Å². The molecule has 0 aliphatic carbocycles. The summed E-state index contributed by atoms with van der Waals surface area (Å²) in [7, 11) is 0. The van der Waals surface area contributed by atoms with E-state index in [9.17, 15) is 9.59 Å². The fourth-order valence-corrected chi connectivity index (χ4v) is 7.96. The van der Waals surface area contributed by atoms with E-state index in [1.807, 2.05) is 5.32 Å². The van der Waals surface area contributed by atoms with Crippen LogP contribution < -0.4 is 144 Å². The Morgan fingerprint density at radius 2 is 1.16 bits per heavy atom. The van der Waals surface area contributed by atoms with Crippen molar-refractivity contribution in [3.05, 3.63) is 140 Å². The Morgan fingerprint density at radius 3 is 1.65 bits per heavy atom. The fraction of sp³-hybridized carbons (Fsp3) is 0.314. The van der Waals surface area contributed by atoms with Crippen LogP contribution in [0.2, 0.25) is 0 Å². The fourth-order valence-electron chi connectivity index (χ4n) is 5.94. The molecule has 2 aliphatic rings. The number of piperazine rings is 2. The van der Waals surface area contributed by atoms with Gasteiger partial charge < -0.3 is 46.1 Å². The number of hydrogen-bond acceptors (Lipinski definition) is 13. The zero-order valence-electron chi connectivity index (χ0n) is 63.9. The number of carbonyl (C=O) groups excluding carboxylic acids is 1. The second kappa shape index (κ2) is 31.2. The summed E-state index contributed by atoms with van der Waals surface area (Å²) in [5.74, 6) is -0.440. The van der Waals surface area contributed by atoms with Gasteiger partial charge >= 0.3 is 103 Å². The Labute approximate surface area is 541 Å². The molecule has 69 heavy (non-hydrogen) atoms. The van der Waals surface area contributed by atoms with Gasteiger partial charge in [0.2, 0.25) is 11.1 Å². The number of carbonyl (C=O) groups is 1. The van der Waals surface area contributed by atoms with Crippen molar-refractivity contribution in [3.63, 3.8) is 0 Å². The number of H-pyrrole nitrogens is 2. The number of fused-ring (bicyclic) bond motifs is 4. The molecule has 18 heteroatoms. The minimum atomic E-state index is -3.02. The second-order valence-electron chi connectivity index (χ2n) is 13.4. The van der Waals surface area contributed by atoms with Crippen molar-refractivity contribution in [2.24, 2.45) is 0 Å². The Kier molecular flexibility index (Phi) is 13.9. The van der Waals surface area contributed by atoms with Gasteiger partial charge in [0.05, 0.1) is 48.9 Å². The molecular formula is C51H57BrK2N6O7S2. The molecule has 2 aliphatic heterocycles. The normalized spacial score (nSPS) is 24.7. The number of halogens is 1. The van der Waals surface area contributed by atoms with Gasteiger partial charge in [0.15, 0.2) is 0 Å². The molecule has 10 rings (SSSR count). The number of hydrogen-bond donors (Lipinski definition) is 3. The first-order valence-corrected chi connectivity index (χ1v) is 22.9. The number of unbranched alkanes of at least 4 members (excludes halogenated alkanes) is 2. The van der Waals surface area contributed by atoms with E-state index in [4.69, 9.17) is 55.2 Å². The third-order valence-electron chi connectivity index (χ3n) is 8.98. The van der Waals surface area contributed by atoms with E-state index in [0.29, 0.717) is 36.8 Å². The summed E-state index contributed by atoms with van der Waals surface area (Å²) < 4.78 is 226. The third kappa shape index (κ3) is 17.6. The van der Waals surface area contributed by atoms with E-state index >= 15 is 0 Å². The number of anilines is 2. The molecule has 0 saturated carbocycles. The van der Waals surface area contributed by atoms with Crippen molar-refractivity contribution in [1.29, 1.82) is 0 Å². The summed E-state index contributed by atoms with van der Waals surface area (Å²) in [4.78, 5) is 41.1. The van der Waals surface area contributed by atoms with Crippen LogP contribution in [0.15, 0.2) is 129 Å². The van der Waals surface area contributed by atoms with Crippen LogP contribution in [-0.4, -0.2) is 98.4 Å². The van der Waals surface area contributed by atoms with Gasteiger partial charge in [-0.05, 0) is 126 Å². The maximum Gasteiger partial charge on any atom is 1.00 e. The van der Waals surface area contributed by atoms with Crippen LogP contribution >= 0.6 is 38.6 Å². The molecule has 0 atom stereocenters. The van der Waals surface area contributed by atoms with Gasteiger partial charge in [-0.2, -0.15) is 0 Å². The number of nitrogens with zero attached hydrogens (tertiary/aromatic N) is 3. The zero-order valence-corrected chi connectivity index (χ0v) is 46.4. The minimum absolute atomic E-state index is 0. The van der Waals surface area contributed by atoms with Crippen LogP contribution in [0.5, 0.6) is 11.5 Å². The number of pyridine rings is 2. The van der Waals surface area contributed by atoms with Gasteiger partial charge in [-0.25, -0.2) is 0 Å². The molecule has 13 nitrogen and oxygen atoms in total. The molecule has 6 heterocycles. The predicted molar refractivity (Wildman–Crippen MR) is 278 cm³/mol. The van der Waals surface area contributed by atoms with Crippen LogP contribution in [0.4, 0.5) is 11.4 Å². The number of ether oxygens (including phenoxy) is 2. The number of alkyl halides is 1. The molecule has 2 fully saturated rings. The van der Waals surface area contributed by atoms with Gasteiger partial charge in [0.1, 0.15) is 11.5 Å². The SMILES string of the molecule is O=CO[O-].[2H]C1([2H])NC([2H])([2H])C([2H])([2H])N(c2cccc3sccc23)C1([2H])[2H].[2H]c1c(OCCCCBr)c([2H])c2[nH]c(=O)c([2H])c([2H])c2c1[2H].[2H]c1c(OCCCCN2C([2H])([2H])C([2H])([2H])N(c3cccc4sccc34)C([2H])([2H])C2([2H])[2H])c([2H])c2[nH]c(=O)c([2H])c([2H])c2c1[2H].[H-].[K+].[K+]. The van der Waals surface area contributed by atoms with Crippen LogP contribution in [0.1, 0.15) is 62.7 Å². The maximum atomic E-state index is 12.0. The number of benzene rings is 4. The molecular weight excluding hydrogens is 1030 g/mol. The van der Waals surface area contributed by atoms with E-state index in [-0.39, 0.29) is 193 Å². The van der Waals surface area contributed by atoms with Gasteiger partial charge in [-0.1, -0.05) is 28.1 Å². The van der Waals surface area contributed by atoms with Crippen LogP contribution in [0.3, 0.4) is 0 Å². The summed E-state index contributed by atoms with van der Waals surface area (Å²) in [5, 5.41) is 15.3. The summed E-state index contributed by atoms with van der Waals surface area (Å²) >= 11 is 6.02. The van der Waals surface area contributed by atoms with Crippen LogP contribution in [0, 0.1) is 0 Å². The van der Waals surface area contributed by atoms with Gasteiger partial charge in [-0.15, -0.1) is 22.7 Å². The molecule has 0 amide bonds. The summed E-state index contributed by atoms with van der Waals surface area (Å²) in [6.07, 6.45) is 1.69. The number of aromatic amines is 2. The summed E-state index contributed by atoms with van der Waals surface area (Å²) in [6.45, 7) is -23.7. The maximum absolute atomic E-state index is 12.0. The number of thiophene rings is 2. The molecule has 0 spiro atoms. The van der Waals surface area contributed by atoms with Crippen molar-refractivity contribution in [2.75, 3.05) is 86.9 Å². The first-order valence-electron chi connectivity index (χ1n) is 33.0. The number of rotatable bonds is 14. The third-order valence-corrected chi connectivity index (χ3v) is 11.3. The largest absolute Gasteiger partial charge is 1.00 e. The van der Waals surface area contributed by atoms with Gasteiger partial charge in [0, 0.05) is 124 Å². The molecule has 0 unspecified atom stereocenters. The summed E-state index contributed by atoms with van der Waals surface area (Å²) in [6, 6.07) is 8.32. The average Bonchev–Trinajstić information content (AvgIpc) is 0.810. The monoisotopic (exact) mass is 1110 g/mol. The molecule has 0 radical (unpaired) electrons. The molecule has 4 aromatic carbocycles. The molecule has 0 bridgehead atoms. The summed E-state index contributed by atoms with van der Waals surface area (Å²) in [5.41, 5.74) is -1.86. The molecule has 2 saturated heterocycles. The molecule has 3 N–H and O–H groups in total. The van der Waals surface area contributed by atoms with Crippen molar-refractivity contribution in [3.8, 4) is 11.5 Å². The number of nitrogens with one attached hydrogen (secondary N) is 3. The first-order chi connectivity index (χ1) is 43.1. The van der Waals surface area contributed by atoms with Crippen molar-refractivity contribution >= 4 is 98.4 Å². The van der Waals surface area contributed by atoms with E-state index < -0.39 is 112 Å². The molecule has 8 aromatic rings. The Hall–Kier alpha value is -2.48. The number of aromatic nitrogens is 2. The van der Waals surface area contributed by atoms with E-state index in [1.54, 1.807) is 47.2 Å². The van der Waals surface area contributed by atoms with Gasteiger partial charge in [0.25, 0.3) is 6.47 Å². The average molecular weight is 1110 g/mol. The van der Waals surface area contributed by atoms with E-state index in [1.165, 1.54) is 34.8 Å². The van der Waals surface area contributed by atoms with Crippen molar-refractivity contribution < 1.29 is 164 Å². The molecule has 4 aromatic heterocycles. The van der Waals surface area contributed by atoms with Gasteiger partial charge in [-0.3, -0.25) is 19.3 Å². The Morgan fingerprint density at radius 1 is 0.681 bits per heavy atom. The first kappa shape index (κ1) is 30.7. The van der Waals surface area contributed by atoms with Crippen LogP contribution in [0.25, 0.3) is 42.0 Å². The Balaban J connectivity index is 0.000000319. The predicted octanol–water partition coefficient (Wildman–Crippen LogP) is 2.67. The standard InChI is InChI=1S/C25H27N3O2S.C13H14BrNO2.C12H14N2S.CH2O3.2K.H/c29-25-9-7-19-6-8-20(18-22(19)26-25)30-16-2-1-11-27-12-14-28(15-13-27)23-4-3-5-24-21(23)10-17-31-24;14-7-1-2-8-17-11-5-3-10-4-6-13(16)15-12(10)9-11;1-2-11(14-7-5-13-6-8-14)10-4-9-15-12(10)3-1;2-1-4-3;;;/h3-10,17-18H,1-2,11-16H2,(H,26,29);3-6,9H,1-2,7-8H2,(H,15,16);1-4,9,13H,5-8H2;1,3H;;;/q;;;;2*+1;-1/p-1/i6D,7D,8D,9D,12D2,13D2,14D2,15D2,18D;3D,4D,5D,6D,9D;5D2,6D2,7D2,8D2;;;;. The molecule has 354 valence electrons. The van der Waals surface area contributed by atoms with E-state index in [2.05, 4.69) is 30.8 Å². The van der Waals surface area contributed by atoms with Crippen molar-refractivity contribution in [2.45, 2.75) is 25.7 Å². The smallest absolute Gasteiger partial charge is 1.00 e. The van der Waals surface area contributed by atoms with Crippen molar-refractivity contribution in [1.82, 2.24) is 20.2 Å². The second-order valence-corrected chi connectivity index (χ2v) is 16.1. The Bertz CT molecular complexity index is 4200.